The zero-order valence-corrected chi connectivity index (χ0v) is 19.3. The van der Waals surface area contributed by atoms with Crippen molar-refractivity contribution in [2.75, 3.05) is 32.7 Å². The molecule has 3 nitrogen and oxygen atoms in total. The SMILES string of the molecule is Clc1ccccc1OC1CCN(C[C@H]2C[C@H](c3ccc(CN4CCCC4)cc3)C2)CC1. The molecule has 0 radical (unpaired) electrons. The molecule has 0 spiro atoms. The van der Waals surface area contributed by atoms with Crippen LogP contribution >= 0.6 is 11.6 Å². The van der Waals surface area contributed by atoms with Crippen LogP contribution in [-0.4, -0.2) is 48.6 Å². The van der Waals surface area contributed by atoms with Gasteiger partial charge in [0.05, 0.1) is 5.02 Å². The van der Waals surface area contributed by atoms with Crippen LogP contribution < -0.4 is 4.74 Å². The lowest BCUT2D eigenvalue weighted by Crippen LogP contribution is -2.42. The Hall–Kier alpha value is -1.55. The molecule has 4 heteroatoms. The molecule has 2 heterocycles. The van der Waals surface area contributed by atoms with E-state index in [0.717, 1.165) is 55.1 Å². The second kappa shape index (κ2) is 9.94. The first-order chi connectivity index (χ1) is 15.2. The van der Waals surface area contributed by atoms with Gasteiger partial charge in [0.2, 0.25) is 0 Å². The van der Waals surface area contributed by atoms with Crippen molar-refractivity contribution in [3.63, 3.8) is 0 Å². The zero-order chi connectivity index (χ0) is 21.0. The van der Waals surface area contributed by atoms with Gasteiger partial charge in [-0.15, -0.1) is 0 Å². The van der Waals surface area contributed by atoms with Gasteiger partial charge in [0.25, 0.3) is 0 Å². The van der Waals surface area contributed by atoms with Gasteiger partial charge in [-0.1, -0.05) is 48.0 Å². The first kappa shape index (κ1) is 21.3. The Kier molecular flexibility index (Phi) is 6.83. The minimum atomic E-state index is 0.296. The molecule has 166 valence electrons. The topological polar surface area (TPSA) is 15.7 Å². The standard InChI is InChI=1S/C27H35ClN2O/c28-26-5-1-2-6-27(26)31-25-11-15-30(16-12-25)20-22-17-24(18-22)23-9-7-21(8-10-23)19-29-13-3-4-14-29/h1-2,5-10,22,24-25H,3-4,11-20H2/t22-,24-. The van der Waals surface area contributed by atoms with Crippen molar-refractivity contribution in [3.05, 3.63) is 64.7 Å². The first-order valence-corrected chi connectivity index (χ1v) is 12.6. The van der Waals surface area contributed by atoms with Crippen molar-refractivity contribution in [1.82, 2.24) is 9.80 Å². The van der Waals surface area contributed by atoms with E-state index in [9.17, 15) is 0 Å². The Morgan fingerprint density at radius 3 is 2.26 bits per heavy atom. The Morgan fingerprint density at radius 1 is 0.839 bits per heavy atom. The monoisotopic (exact) mass is 438 g/mol. The molecule has 2 aromatic rings. The van der Waals surface area contributed by atoms with E-state index >= 15 is 0 Å². The maximum Gasteiger partial charge on any atom is 0.138 e. The van der Waals surface area contributed by atoms with Gasteiger partial charge >= 0.3 is 0 Å². The number of para-hydroxylation sites is 1. The third-order valence-electron chi connectivity index (χ3n) is 7.47. The fourth-order valence-electron chi connectivity index (χ4n) is 5.55. The number of nitrogens with zero attached hydrogens (tertiary/aromatic N) is 2. The predicted octanol–water partition coefficient (Wildman–Crippen LogP) is 5.97. The number of rotatable bonds is 7. The number of hydrogen-bond acceptors (Lipinski definition) is 3. The minimum Gasteiger partial charge on any atom is -0.489 e. The molecule has 2 saturated heterocycles. The number of hydrogen-bond donors (Lipinski definition) is 0. The highest BCUT2D eigenvalue weighted by Gasteiger charge is 2.32. The summed E-state index contributed by atoms with van der Waals surface area (Å²) in [6, 6.07) is 17.3. The smallest absolute Gasteiger partial charge is 0.138 e. The molecule has 0 atom stereocenters. The summed E-state index contributed by atoms with van der Waals surface area (Å²) in [6.07, 6.45) is 7.92. The summed E-state index contributed by atoms with van der Waals surface area (Å²) < 4.78 is 6.14. The molecule has 0 N–H and O–H groups in total. The van der Waals surface area contributed by atoms with E-state index in [2.05, 4.69) is 34.1 Å². The summed E-state index contributed by atoms with van der Waals surface area (Å²) >= 11 is 6.24. The molecule has 0 amide bonds. The Bertz CT molecular complexity index is 835. The molecule has 1 aliphatic carbocycles. The molecule has 3 aliphatic rings. The van der Waals surface area contributed by atoms with Crippen molar-refractivity contribution in [3.8, 4) is 5.75 Å². The molecule has 2 aromatic carbocycles. The average Bonchev–Trinajstić information content (AvgIpc) is 3.27. The van der Waals surface area contributed by atoms with Gasteiger partial charge < -0.3 is 9.64 Å². The lowest BCUT2D eigenvalue weighted by molar-refractivity contribution is 0.0760. The maximum atomic E-state index is 6.24. The largest absolute Gasteiger partial charge is 0.489 e. The van der Waals surface area contributed by atoms with Crippen LogP contribution in [0.2, 0.25) is 5.02 Å². The highest BCUT2D eigenvalue weighted by molar-refractivity contribution is 6.32. The highest BCUT2D eigenvalue weighted by atomic mass is 35.5. The van der Waals surface area contributed by atoms with E-state index in [1.165, 1.54) is 50.9 Å². The van der Waals surface area contributed by atoms with Crippen LogP contribution in [0.25, 0.3) is 0 Å². The van der Waals surface area contributed by atoms with Crippen molar-refractivity contribution < 1.29 is 4.74 Å². The summed E-state index contributed by atoms with van der Waals surface area (Å²) in [5.74, 6) is 2.46. The van der Waals surface area contributed by atoms with Crippen molar-refractivity contribution in [2.24, 2.45) is 5.92 Å². The molecule has 3 fully saturated rings. The van der Waals surface area contributed by atoms with Crippen LogP contribution in [0.4, 0.5) is 0 Å². The lowest BCUT2D eigenvalue weighted by Gasteiger charge is -2.41. The summed E-state index contributed by atoms with van der Waals surface area (Å²) in [6.45, 7) is 7.21. The molecule has 31 heavy (non-hydrogen) atoms. The van der Waals surface area contributed by atoms with Gasteiger partial charge in [-0.05, 0) is 86.7 Å². The third-order valence-corrected chi connectivity index (χ3v) is 7.79. The molecular weight excluding hydrogens is 404 g/mol. The molecule has 0 aromatic heterocycles. The van der Waals surface area contributed by atoms with E-state index in [1.807, 2.05) is 24.3 Å². The van der Waals surface area contributed by atoms with Crippen LogP contribution in [0.5, 0.6) is 5.75 Å². The maximum absolute atomic E-state index is 6.24. The van der Waals surface area contributed by atoms with E-state index in [-0.39, 0.29) is 0 Å². The van der Waals surface area contributed by atoms with Crippen LogP contribution in [0.15, 0.2) is 48.5 Å². The quantitative estimate of drug-likeness (QED) is 0.529. The predicted molar refractivity (Wildman–Crippen MR) is 128 cm³/mol. The van der Waals surface area contributed by atoms with Gasteiger partial charge in [0, 0.05) is 26.2 Å². The Balaban J connectivity index is 1.02. The van der Waals surface area contributed by atoms with Gasteiger partial charge in [0.1, 0.15) is 11.9 Å². The Labute approximate surface area is 192 Å². The van der Waals surface area contributed by atoms with Crippen LogP contribution in [0.1, 0.15) is 55.6 Å². The molecule has 2 aliphatic heterocycles. The second-order valence-corrected chi connectivity index (χ2v) is 10.2. The molecule has 5 rings (SSSR count). The summed E-state index contributed by atoms with van der Waals surface area (Å²) in [4.78, 5) is 5.23. The minimum absolute atomic E-state index is 0.296. The van der Waals surface area contributed by atoms with E-state index in [0.29, 0.717) is 6.10 Å². The molecule has 1 saturated carbocycles. The lowest BCUT2D eigenvalue weighted by atomic mass is 9.71. The number of benzene rings is 2. The fourth-order valence-corrected chi connectivity index (χ4v) is 5.73. The Morgan fingerprint density at radius 2 is 1.55 bits per heavy atom. The third kappa shape index (κ3) is 5.45. The number of ether oxygens (including phenoxy) is 1. The number of piperidine rings is 1. The summed E-state index contributed by atoms with van der Waals surface area (Å²) in [5.41, 5.74) is 3.02. The van der Waals surface area contributed by atoms with Gasteiger partial charge in [-0.3, -0.25) is 4.90 Å². The van der Waals surface area contributed by atoms with E-state index in [4.69, 9.17) is 16.3 Å². The van der Waals surface area contributed by atoms with E-state index < -0.39 is 0 Å². The van der Waals surface area contributed by atoms with Crippen molar-refractivity contribution >= 4 is 11.6 Å². The fraction of sp³-hybridized carbons (Fsp3) is 0.556. The highest BCUT2D eigenvalue weighted by Crippen LogP contribution is 2.42. The molecule has 0 unspecified atom stereocenters. The number of halogens is 1. The van der Waals surface area contributed by atoms with Crippen molar-refractivity contribution in [1.29, 1.82) is 0 Å². The van der Waals surface area contributed by atoms with Crippen molar-refractivity contribution in [2.45, 2.75) is 57.1 Å². The van der Waals surface area contributed by atoms with Crippen LogP contribution in [0, 0.1) is 5.92 Å². The zero-order valence-electron chi connectivity index (χ0n) is 18.5. The molecular formula is C27H35ClN2O. The normalized spacial score (nSPS) is 25.5. The summed E-state index contributed by atoms with van der Waals surface area (Å²) in [7, 11) is 0. The first-order valence-electron chi connectivity index (χ1n) is 12.2. The molecule has 0 bridgehead atoms. The van der Waals surface area contributed by atoms with E-state index in [1.54, 1.807) is 5.56 Å². The summed E-state index contributed by atoms with van der Waals surface area (Å²) in [5, 5.41) is 0.717. The second-order valence-electron chi connectivity index (χ2n) is 9.81. The van der Waals surface area contributed by atoms with Gasteiger partial charge in [-0.25, -0.2) is 0 Å². The van der Waals surface area contributed by atoms with Gasteiger partial charge in [-0.2, -0.15) is 0 Å². The van der Waals surface area contributed by atoms with Crippen LogP contribution in [-0.2, 0) is 6.54 Å². The van der Waals surface area contributed by atoms with Gasteiger partial charge in [0.15, 0.2) is 0 Å². The number of likely N-dealkylation sites (tertiary alicyclic amines) is 2. The van der Waals surface area contributed by atoms with Crippen LogP contribution in [0.3, 0.4) is 0 Å². The average molecular weight is 439 g/mol.